The van der Waals surface area contributed by atoms with E-state index in [1.165, 1.54) is 0 Å². The van der Waals surface area contributed by atoms with Crippen molar-refractivity contribution in [3.05, 3.63) is 80.6 Å². The molecule has 0 aliphatic heterocycles. The Hall–Kier alpha value is -3.30. The van der Waals surface area contributed by atoms with Crippen LogP contribution < -0.4 is 0 Å². The van der Waals surface area contributed by atoms with Crippen molar-refractivity contribution in [3.63, 3.8) is 0 Å². The second kappa shape index (κ2) is 8.60. The van der Waals surface area contributed by atoms with Gasteiger partial charge >= 0.3 is 0 Å². The van der Waals surface area contributed by atoms with Gasteiger partial charge in [0.25, 0.3) is 0 Å². The van der Waals surface area contributed by atoms with E-state index in [4.69, 9.17) is 0 Å². The number of rotatable bonds is 2. The van der Waals surface area contributed by atoms with Crippen molar-refractivity contribution < 1.29 is 52.7 Å². The molecule has 0 saturated heterocycles. The fourth-order valence-electron chi connectivity index (χ4n) is 4.23. The normalized spacial score (nSPS) is 12.1. The minimum atomic E-state index is -2.32. The second-order valence-corrected chi connectivity index (χ2v) is 10.8. The van der Waals surface area contributed by atoms with Crippen LogP contribution in [0.1, 0.15) is 0 Å². The summed E-state index contributed by atoms with van der Waals surface area (Å²) < 4.78 is 173. The maximum atomic E-state index is 15.1. The van der Waals surface area contributed by atoms with Crippen LogP contribution in [0.2, 0.25) is 0 Å². The third-order valence-electron chi connectivity index (χ3n) is 5.99. The maximum Gasteiger partial charge on any atom is 0.198 e. The zero-order valence-electron chi connectivity index (χ0n) is 17.9. The van der Waals surface area contributed by atoms with Gasteiger partial charge < -0.3 is 0 Å². The van der Waals surface area contributed by atoms with Crippen molar-refractivity contribution in [2.45, 2.75) is 0 Å². The van der Waals surface area contributed by atoms with Gasteiger partial charge in [-0.3, -0.25) is 0 Å². The van der Waals surface area contributed by atoms with E-state index in [1.807, 2.05) is 0 Å². The summed E-state index contributed by atoms with van der Waals surface area (Å²) in [5.74, 6) is -25.0. The van der Waals surface area contributed by atoms with Gasteiger partial charge in [-0.1, -0.05) is 0 Å². The van der Waals surface area contributed by atoms with Gasteiger partial charge in [0.05, 0.1) is 19.5 Å². The van der Waals surface area contributed by atoms with Gasteiger partial charge in [0.2, 0.25) is 0 Å². The third kappa shape index (κ3) is 3.26. The van der Waals surface area contributed by atoms with Crippen LogP contribution in [0.25, 0.3) is 51.8 Å². The van der Waals surface area contributed by atoms with Gasteiger partial charge in [0.15, 0.2) is 69.8 Å². The van der Waals surface area contributed by atoms with Crippen molar-refractivity contribution >= 4 is 66.3 Å². The van der Waals surface area contributed by atoms with Crippen LogP contribution in [-0.2, 0) is 0 Å². The molecule has 0 amide bonds. The fourth-order valence-corrected chi connectivity index (χ4v) is 7.92. The minimum Gasteiger partial charge on any atom is -0.203 e. The van der Waals surface area contributed by atoms with Crippen LogP contribution in [0.4, 0.5) is 52.7 Å². The molecule has 0 fully saturated rings. The average molecular weight is 614 g/mol. The monoisotopic (exact) mass is 614 g/mol. The summed E-state index contributed by atoms with van der Waals surface area (Å²) in [5.41, 5.74) is 0. The van der Waals surface area contributed by atoms with Gasteiger partial charge in [-0.25, -0.2) is 52.7 Å². The van der Waals surface area contributed by atoms with E-state index in [1.54, 1.807) is 0 Å². The molecule has 0 aliphatic rings. The molecule has 6 aromatic rings. The second-order valence-electron chi connectivity index (χ2n) is 7.99. The van der Waals surface area contributed by atoms with Gasteiger partial charge in [-0.05, 0) is 0 Å². The summed E-state index contributed by atoms with van der Waals surface area (Å²) in [4.78, 5) is -2.44. The largest absolute Gasteiger partial charge is 0.203 e. The molecule has 0 N–H and O–H groups in total. The Morgan fingerprint density at radius 3 is 0.923 bits per heavy atom. The van der Waals surface area contributed by atoms with Gasteiger partial charge in [-0.2, -0.15) is 0 Å². The molecule has 0 spiro atoms. The Bertz CT molecular complexity index is 1910. The molecular weight excluding hydrogens is 612 g/mol. The first kappa shape index (κ1) is 26.0. The summed E-state index contributed by atoms with van der Waals surface area (Å²) in [6, 6.07) is 0. The molecule has 3 heterocycles. The Labute approximate surface area is 218 Å². The van der Waals surface area contributed by atoms with Gasteiger partial charge in [0, 0.05) is 43.1 Å². The Morgan fingerprint density at radius 1 is 0.308 bits per heavy atom. The number of benzene rings is 3. The number of hydrogen-bond acceptors (Lipinski definition) is 3. The van der Waals surface area contributed by atoms with Crippen molar-refractivity contribution in [1.29, 1.82) is 0 Å². The molecule has 200 valence electrons. The van der Waals surface area contributed by atoms with Crippen molar-refractivity contribution in [1.82, 2.24) is 0 Å². The zero-order valence-corrected chi connectivity index (χ0v) is 20.4. The average Bonchev–Trinajstić information content (AvgIpc) is 3.65. The Morgan fingerprint density at radius 2 is 0.590 bits per heavy atom. The first-order valence-electron chi connectivity index (χ1n) is 10.1. The van der Waals surface area contributed by atoms with Crippen LogP contribution in [0, 0.1) is 69.8 Å². The van der Waals surface area contributed by atoms with Crippen LogP contribution >= 0.6 is 34.0 Å². The summed E-state index contributed by atoms with van der Waals surface area (Å²) in [5, 5.41) is -4.07. The smallest absolute Gasteiger partial charge is 0.198 e. The van der Waals surface area contributed by atoms with Crippen LogP contribution in [-0.4, -0.2) is 0 Å². The first-order chi connectivity index (χ1) is 18.4. The molecule has 0 aliphatic carbocycles. The molecule has 3 aromatic heterocycles. The van der Waals surface area contributed by atoms with E-state index in [-0.39, 0.29) is 11.3 Å². The lowest BCUT2D eigenvalue weighted by molar-refractivity contribution is 0.418. The summed E-state index contributed by atoms with van der Waals surface area (Å²) >= 11 is 0.963. The third-order valence-corrected chi connectivity index (χ3v) is 9.47. The minimum absolute atomic E-state index is 0.210. The molecule has 39 heavy (non-hydrogen) atoms. The molecule has 0 nitrogen and oxygen atoms in total. The van der Waals surface area contributed by atoms with Crippen LogP contribution in [0.5, 0.6) is 0 Å². The number of hydrogen-bond donors (Lipinski definition) is 0. The van der Waals surface area contributed by atoms with E-state index in [0.29, 0.717) is 22.7 Å². The lowest BCUT2D eigenvalue weighted by atomic mass is 10.0. The Kier molecular flexibility index (Phi) is 5.72. The summed E-state index contributed by atoms with van der Waals surface area (Å²) in [6.45, 7) is 0. The molecule has 3 aromatic carbocycles. The van der Waals surface area contributed by atoms with E-state index in [9.17, 15) is 43.9 Å². The highest BCUT2D eigenvalue weighted by atomic mass is 32.1. The van der Waals surface area contributed by atoms with Crippen molar-refractivity contribution in [2.75, 3.05) is 0 Å². The first-order valence-corrected chi connectivity index (χ1v) is 12.7. The van der Waals surface area contributed by atoms with Gasteiger partial charge in [-0.15, -0.1) is 34.0 Å². The highest BCUT2D eigenvalue weighted by molar-refractivity contribution is 7.28. The van der Waals surface area contributed by atoms with Crippen LogP contribution in [0.15, 0.2) is 10.8 Å². The van der Waals surface area contributed by atoms with Crippen LogP contribution in [0.3, 0.4) is 0 Å². The standard InChI is InChI=1S/C24H2F12S3/c25-9-3-1-37-21(5(3)11(27)17(33)15(9)31)23-7-8(14(30)20(36)19(35)13(7)29)24(39-23)22-6-4(2-38-22)10(26)16(32)18(34)12(6)28/h1-2H. The maximum absolute atomic E-state index is 15.1. The predicted molar refractivity (Wildman–Crippen MR) is 123 cm³/mol. The number of halogens is 12. The molecule has 0 unspecified atom stereocenters. The lowest BCUT2D eigenvalue weighted by Gasteiger charge is -2.05. The quantitative estimate of drug-likeness (QED) is 0.103. The Balaban J connectivity index is 1.81. The van der Waals surface area contributed by atoms with Crippen molar-refractivity contribution in [3.8, 4) is 19.5 Å². The number of fused-ring (bicyclic) bond motifs is 3. The molecule has 0 radical (unpaired) electrons. The topological polar surface area (TPSA) is 0 Å². The summed E-state index contributed by atoms with van der Waals surface area (Å²) in [6.07, 6.45) is 0. The molecule has 0 saturated carbocycles. The van der Waals surface area contributed by atoms with E-state index in [0.717, 1.165) is 10.8 Å². The highest BCUT2D eigenvalue weighted by Crippen LogP contribution is 2.54. The van der Waals surface area contributed by atoms with E-state index >= 15 is 8.78 Å². The zero-order chi connectivity index (χ0) is 28.2. The van der Waals surface area contributed by atoms with E-state index in [2.05, 4.69) is 0 Å². The SMILES string of the molecule is Fc1c(F)c(F)c2c(-c3sc(-c4scc5c(F)c(F)c(F)c(F)c45)c4c(F)c(F)c(F)c(F)c34)scc2c1F. The lowest BCUT2D eigenvalue weighted by Crippen LogP contribution is -1.98. The number of thiophene rings is 3. The molecule has 0 atom stereocenters. The molecular formula is C24H2F12S3. The van der Waals surface area contributed by atoms with E-state index < -0.39 is 122 Å². The summed E-state index contributed by atoms with van der Waals surface area (Å²) in [7, 11) is 0. The predicted octanol–water partition coefficient (Wildman–Crippen LogP) is 10.3. The molecule has 0 bridgehead atoms. The van der Waals surface area contributed by atoms with Gasteiger partial charge in [0.1, 0.15) is 0 Å². The highest BCUT2D eigenvalue weighted by Gasteiger charge is 2.33. The molecule has 6 rings (SSSR count). The fraction of sp³-hybridized carbons (Fsp3) is 0. The molecule has 15 heteroatoms. The van der Waals surface area contributed by atoms with Crippen molar-refractivity contribution in [2.24, 2.45) is 0 Å².